The van der Waals surface area contributed by atoms with Crippen LogP contribution in [0.2, 0.25) is 0 Å². The van der Waals surface area contributed by atoms with Gasteiger partial charge >= 0.3 is 0 Å². The van der Waals surface area contributed by atoms with Crippen molar-refractivity contribution in [1.29, 1.82) is 0 Å². The smallest absolute Gasteiger partial charge is 0.133 e. The molecular weight excluding hydrogens is 264 g/mol. The first-order chi connectivity index (χ1) is 10.2. The number of rotatable bonds is 5. The second kappa shape index (κ2) is 5.93. The Bertz CT molecular complexity index is 702. The van der Waals surface area contributed by atoms with Crippen LogP contribution >= 0.6 is 0 Å². The summed E-state index contributed by atoms with van der Waals surface area (Å²) in [7, 11) is 2.06. The monoisotopic (exact) mass is 282 g/mol. The first kappa shape index (κ1) is 13.6. The van der Waals surface area contributed by atoms with E-state index < -0.39 is 0 Å². The van der Waals surface area contributed by atoms with E-state index >= 15 is 0 Å². The van der Waals surface area contributed by atoms with E-state index in [0.717, 1.165) is 30.2 Å². The van der Waals surface area contributed by atoms with Gasteiger partial charge in [0.25, 0.3) is 0 Å². The second-order valence-electron chi connectivity index (χ2n) is 5.23. The molecule has 0 saturated heterocycles. The van der Waals surface area contributed by atoms with E-state index in [0.29, 0.717) is 0 Å². The van der Waals surface area contributed by atoms with Gasteiger partial charge in [-0.15, -0.1) is 0 Å². The molecule has 2 heterocycles. The van der Waals surface area contributed by atoms with E-state index in [4.69, 9.17) is 4.52 Å². The molecule has 0 N–H and O–H groups in total. The second-order valence-corrected chi connectivity index (χ2v) is 5.23. The molecule has 1 aromatic carbocycles. The third-order valence-electron chi connectivity index (χ3n) is 3.22. The Labute approximate surface area is 123 Å². The lowest BCUT2D eigenvalue weighted by Gasteiger charge is -2.13. The van der Waals surface area contributed by atoms with Crippen molar-refractivity contribution in [3.63, 3.8) is 0 Å². The van der Waals surface area contributed by atoms with Crippen molar-refractivity contribution in [2.45, 2.75) is 20.0 Å². The van der Waals surface area contributed by atoms with Crippen LogP contribution in [0.3, 0.4) is 0 Å². The minimum Gasteiger partial charge on any atom is -0.361 e. The van der Waals surface area contributed by atoms with Crippen molar-refractivity contribution in [3.8, 4) is 5.69 Å². The molecule has 0 radical (unpaired) electrons. The lowest BCUT2D eigenvalue weighted by molar-refractivity contribution is 0.302. The van der Waals surface area contributed by atoms with Gasteiger partial charge in [-0.05, 0) is 26.1 Å². The van der Waals surface area contributed by atoms with Crippen molar-refractivity contribution in [2.75, 3.05) is 7.05 Å². The fraction of sp³-hybridized carbons (Fsp3) is 0.250. The summed E-state index contributed by atoms with van der Waals surface area (Å²) in [5, 5.41) is 8.42. The van der Waals surface area contributed by atoms with E-state index in [9.17, 15) is 0 Å². The van der Waals surface area contributed by atoms with Gasteiger partial charge < -0.3 is 4.52 Å². The average molecular weight is 282 g/mol. The summed E-state index contributed by atoms with van der Waals surface area (Å²) in [6.07, 6.45) is 3.96. The van der Waals surface area contributed by atoms with Gasteiger partial charge in [0.1, 0.15) is 5.76 Å². The summed E-state index contributed by atoms with van der Waals surface area (Å²) in [4.78, 5) is 2.18. The van der Waals surface area contributed by atoms with Crippen LogP contribution < -0.4 is 0 Å². The zero-order chi connectivity index (χ0) is 14.7. The lowest BCUT2D eigenvalue weighted by atomic mass is 10.3. The van der Waals surface area contributed by atoms with Crippen LogP contribution in [0, 0.1) is 6.92 Å². The minimum atomic E-state index is 0.758. The maximum absolute atomic E-state index is 5.08. The molecule has 5 nitrogen and oxygen atoms in total. The van der Waals surface area contributed by atoms with Crippen molar-refractivity contribution >= 4 is 0 Å². The zero-order valence-electron chi connectivity index (χ0n) is 12.2. The Morgan fingerprint density at radius 2 is 2.00 bits per heavy atom. The number of nitrogens with zero attached hydrogens (tertiary/aromatic N) is 4. The summed E-state index contributed by atoms with van der Waals surface area (Å²) >= 11 is 0. The first-order valence-electron chi connectivity index (χ1n) is 6.90. The Hall–Kier alpha value is -2.40. The molecule has 21 heavy (non-hydrogen) atoms. The van der Waals surface area contributed by atoms with E-state index in [1.54, 1.807) is 0 Å². The molecule has 5 heteroatoms. The van der Waals surface area contributed by atoms with Crippen molar-refractivity contribution < 1.29 is 4.52 Å². The Kier molecular flexibility index (Phi) is 3.83. The van der Waals surface area contributed by atoms with Crippen LogP contribution in [-0.4, -0.2) is 26.9 Å². The predicted octanol–water partition coefficient (Wildman–Crippen LogP) is 2.80. The molecule has 0 atom stereocenters. The highest BCUT2D eigenvalue weighted by Crippen LogP contribution is 2.11. The normalized spacial score (nSPS) is 11.2. The van der Waals surface area contributed by atoms with Crippen LogP contribution in [-0.2, 0) is 13.1 Å². The molecule has 3 aromatic rings. The SMILES string of the molecule is Cc1cc(CN(C)Cc2cnn(-c3ccccc3)c2)no1. The quantitative estimate of drug-likeness (QED) is 0.722. The number of hydrogen-bond donors (Lipinski definition) is 0. The Balaban J connectivity index is 1.64. The topological polar surface area (TPSA) is 47.1 Å². The number of para-hydroxylation sites is 1. The van der Waals surface area contributed by atoms with Crippen molar-refractivity contribution in [2.24, 2.45) is 0 Å². The van der Waals surface area contributed by atoms with Crippen LogP contribution in [0.1, 0.15) is 17.0 Å². The summed E-state index contributed by atoms with van der Waals surface area (Å²) in [5.74, 6) is 0.843. The molecule has 0 bridgehead atoms. The molecule has 0 aliphatic carbocycles. The Morgan fingerprint density at radius 1 is 1.19 bits per heavy atom. The highest BCUT2D eigenvalue weighted by molar-refractivity contribution is 5.30. The van der Waals surface area contributed by atoms with Gasteiger partial charge in [0.05, 0.1) is 17.6 Å². The van der Waals surface area contributed by atoms with E-state index in [1.807, 2.05) is 54.2 Å². The highest BCUT2D eigenvalue weighted by Gasteiger charge is 2.07. The summed E-state index contributed by atoms with van der Waals surface area (Å²) < 4.78 is 6.98. The van der Waals surface area contributed by atoms with Crippen LogP contribution in [0.4, 0.5) is 0 Å². The summed E-state index contributed by atoms with van der Waals surface area (Å²) in [6, 6.07) is 12.1. The number of aryl methyl sites for hydroxylation is 1. The lowest BCUT2D eigenvalue weighted by Crippen LogP contribution is -2.17. The van der Waals surface area contributed by atoms with Crippen LogP contribution in [0.5, 0.6) is 0 Å². The standard InChI is InChI=1S/C16H18N4O/c1-13-8-15(18-21-13)12-19(2)10-14-9-17-20(11-14)16-6-4-3-5-7-16/h3-9,11H,10,12H2,1-2H3. The summed E-state index contributed by atoms with van der Waals surface area (Å²) in [6.45, 7) is 3.48. The highest BCUT2D eigenvalue weighted by atomic mass is 16.5. The maximum atomic E-state index is 5.08. The van der Waals surface area contributed by atoms with Gasteiger partial charge in [0, 0.05) is 30.9 Å². The van der Waals surface area contributed by atoms with Crippen LogP contribution in [0.15, 0.2) is 53.3 Å². The fourth-order valence-corrected chi connectivity index (χ4v) is 2.30. The third kappa shape index (κ3) is 3.38. The molecule has 0 aliphatic rings. The van der Waals surface area contributed by atoms with E-state index in [-0.39, 0.29) is 0 Å². The maximum Gasteiger partial charge on any atom is 0.133 e. The molecule has 0 amide bonds. The van der Waals surface area contributed by atoms with Gasteiger partial charge in [0.2, 0.25) is 0 Å². The zero-order valence-corrected chi connectivity index (χ0v) is 12.2. The summed E-state index contributed by atoms with van der Waals surface area (Å²) in [5.41, 5.74) is 3.19. The van der Waals surface area contributed by atoms with Gasteiger partial charge in [-0.1, -0.05) is 23.4 Å². The molecule has 0 spiro atoms. The van der Waals surface area contributed by atoms with E-state index in [1.165, 1.54) is 5.56 Å². The van der Waals surface area contributed by atoms with Gasteiger partial charge in [-0.3, -0.25) is 4.90 Å². The largest absolute Gasteiger partial charge is 0.361 e. The van der Waals surface area contributed by atoms with Gasteiger partial charge in [-0.2, -0.15) is 5.10 Å². The predicted molar refractivity (Wildman–Crippen MR) is 80.0 cm³/mol. The molecule has 3 rings (SSSR count). The number of aromatic nitrogens is 3. The first-order valence-corrected chi connectivity index (χ1v) is 6.90. The molecule has 2 aromatic heterocycles. The third-order valence-corrected chi connectivity index (χ3v) is 3.22. The van der Waals surface area contributed by atoms with E-state index in [2.05, 4.69) is 28.4 Å². The Morgan fingerprint density at radius 3 is 2.71 bits per heavy atom. The molecule has 0 unspecified atom stereocenters. The number of hydrogen-bond acceptors (Lipinski definition) is 4. The fourth-order valence-electron chi connectivity index (χ4n) is 2.30. The van der Waals surface area contributed by atoms with Crippen molar-refractivity contribution in [1.82, 2.24) is 19.8 Å². The van der Waals surface area contributed by atoms with Crippen molar-refractivity contribution in [3.05, 3.63) is 65.8 Å². The van der Waals surface area contributed by atoms with Gasteiger partial charge in [0.15, 0.2) is 0 Å². The average Bonchev–Trinajstić information content (AvgIpc) is 3.09. The molecule has 0 aliphatic heterocycles. The van der Waals surface area contributed by atoms with Gasteiger partial charge in [-0.25, -0.2) is 4.68 Å². The molecule has 108 valence electrons. The minimum absolute atomic E-state index is 0.758. The molecular formula is C16H18N4O. The number of benzene rings is 1. The van der Waals surface area contributed by atoms with Crippen LogP contribution in [0.25, 0.3) is 5.69 Å². The molecule has 0 fully saturated rings. The molecule has 0 saturated carbocycles.